The molecule has 3 heteroatoms. The molecule has 142 valence electrons. The standard InChI is InChI=1S/C24H30N2O/c1-24(2,3)19-6-4-17(5-7-19)15-26-16-22(18-10-12-25-13-11-18)21-9-8-20(27)14-23(21)26/h4-9,14,16,18,25,27H,10-13,15H2,1-3H3. The molecule has 1 fully saturated rings. The molecule has 2 N–H and O–H groups in total. The minimum absolute atomic E-state index is 0.173. The van der Waals surface area contributed by atoms with Gasteiger partial charge in [0.15, 0.2) is 0 Å². The fourth-order valence-electron chi connectivity index (χ4n) is 4.20. The summed E-state index contributed by atoms with van der Waals surface area (Å²) in [5.74, 6) is 0.935. The maximum Gasteiger partial charge on any atom is 0.117 e. The Morgan fingerprint density at radius 1 is 1.04 bits per heavy atom. The van der Waals surface area contributed by atoms with Crippen molar-refractivity contribution in [2.75, 3.05) is 13.1 Å². The van der Waals surface area contributed by atoms with E-state index in [0.717, 1.165) is 25.2 Å². The van der Waals surface area contributed by atoms with Gasteiger partial charge in [-0.25, -0.2) is 0 Å². The van der Waals surface area contributed by atoms with E-state index in [9.17, 15) is 5.11 Å². The number of fused-ring (bicyclic) bond motifs is 1. The van der Waals surface area contributed by atoms with E-state index in [1.54, 1.807) is 0 Å². The molecule has 0 unspecified atom stereocenters. The normalized spacial score (nSPS) is 16.1. The molecule has 1 saturated heterocycles. The highest BCUT2D eigenvalue weighted by Crippen LogP contribution is 2.35. The quantitative estimate of drug-likeness (QED) is 0.675. The Bertz CT molecular complexity index is 925. The number of piperidine rings is 1. The number of phenolic OH excluding ortho intramolecular Hbond substituents is 1. The number of aromatic hydroxyl groups is 1. The average molecular weight is 363 g/mol. The summed E-state index contributed by atoms with van der Waals surface area (Å²) in [5, 5.41) is 14.8. The maximum absolute atomic E-state index is 10.0. The smallest absolute Gasteiger partial charge is 0.117 e. The molecule has 0 spiro atoms. The summed E-state index contributed by atoms with van der Waals surface area (Å²) >= 11 is 0. The van der Waals surface area contributed by atoms with Gasteiger partial charge in [-0.05, 0) is 66.1 Å². The van der Waals surface area contributed by atoms with Gasteiger partial charge in [0.05, 0.1) is 5.52 Å². The predicted molar refractivity (Wildman–Crippen MR) is 113 cm³/mol. The van der Waals surface area contributed by atoms with Crippen molar-refractivity contribution in [2.45, 2.75) is 51.5 Å². The first kappa shape index (κ1) is 18.1. The van der Waals surface area contributed by atoms with E-state index in [4.69, 9.17) is 0 Å². The number of hydrogen-bond donors (Lipinski definition) is 2. The van der Waals surface area contributed by atoms with Crippen LogP contribution in [0.2, 0.25) is 0 Å². The van der Waals surface area contributed by atoms with Gasteiger partial charge in [0, 0.05) is 24.2 Å². The first-order valence-corrected chi connectivity index (χ1v) is 10.0. The van der Waals surface area contributed by atoms with Crippen molar-refractivity contribution in [1.82, 2.24) is 9.88 Å². The molecule has 3 aromatic rings. The van der Waals surface area contributed by atoms with E-state index in [-0.39, 0.29) is 5.41 Å². The molecule has 0 bridgehead atoms. The fourth-order valence-corrected chi connectivity index (χ4v) is 4.20. The monoisotopic (exact) mass is 362 g/mol. The molecule has 2 aromatic carbocycles. The first-order valence-electron chi connectivity index (χ1n) is 10.0. The van der Waals surface area contributed by atoms with Crippen molar-refractivity contribution in [3.8, 4) is 5.75 Å². The number of phenols is 1. The molecule has 0 atom stereocenters. The van der Waals surface area contributed by atoms with Crippen LogP contribution >= 0.6 is 0 Å². The van der Waals surface area contributed by atoms with Crippen molar-refractivity contribution in [2.24, 2.45) is 0 Å². The Morgan fingerprint density at radius 3 is 2.41 bits per heavy atom. The lowest BCUT2D eigenvalue weighted by atomic mass is 9.87. The second-order valence-corrected chi connectivity index (χ2v) is 8.88. The highest BCUT2D eigenvalue weighted by Gasteiger charge is 2.20. The van der Waals surface area contributed by atoms with Gasteiger partial charge < -0.3 is 15.0 Å². The summed E-state index contributed by atoms with van der Waals surface area (Å²) in [5.41, 5.74) is 5.38. The Labute approximate surface area is 162 Å². The lowest BCUT2D eigenvalue weighted by Gasteiger charge is -2.22. The molecule has 27 heavy (non-hydrogen) atoms. The van der Waals surface area contributed by atoms with Crippen molar-refractivity contribution < 1.29 is 5.11 Å². The number of nitrogens with zero attached hydrogens (tertiary/aromatic N) is 1. The minimum atomic E-state index is 0.173. The molecule has 0 radical (unpaired) electrons. The van der Waals surface area contributed by atoms with Crippen LogP contribution in [0.4, 0.5) is 0 Å². The van der Waals surface area contributed by atoms with E-state index < -0.39 is 0 Å². The lowest BCUT2D eigenvalue weighted by molar-refractivity contribution is 0.461. The maximum atomic E-state index is 10.0. The fraction of sp³-hybridized carbons (Fsp3) is 0.417. The number of rotatable bonds is 3. The third-order valence-corrected chi connectivity index (χ3v) is 5.85. The molecule has 1 aromatic heterocycles. The summed E-state index contributed by atoms with van der Waals surface area (Å²) in [6.07, 6.45) is 4.68. The molecule has 0 amide bonds. The van der Waals surface area contributed by atoms with Crippen LogP contribution in [0.15, 0.2) is 48.7 Å². The Hall–Kier alpha value is -2.26. The SMILES string of the molecule is CC(C)(C)c1ccc(Cn2cc(C3CCNCC3)c3ccc(O)cc32)cc1. The molecular formula is C24H30N2O. The van der Waals surface area contributed by atoms with E-state index in [0.29, 0.717) is 11.7 Å². The second kappa shape index (κ2) is 7.05. The van der Waals surface area contributed by atoms with Gasteiger partial charge in [-0.1, -0.05) is 45.0 Å². The highest BCUT2D eigenvalue weighted by molar-refractivity contribution is 5.86. The number of benzene rings is 2. The van der Waals surface area contributed by atoms with E-state index in [1.165, 1.54) is 34.9 Å². The first-order chi connectivity index (χ1) is 12.9. The van der Waals surface area contributed by atoms with Crippen LogP contribution in [0, 0.1) is 0 Å². The molecule has 4 rings (SSSR count). The van der Waals surface area contributed by atoms with E-state index >= 15 is 0 Å². The third-order valence-electron chi connectivity index (χ3n) is 5.85. The van der Waals surface area contributed by atoms with Crippen LogP contribution in [0.3, 0.4) is 0 Å². The van der Waals surface area contributed by atoms with Gasteiger partial charge in [0.25, 0.3) is 0 Å². The Kier molecular flexibility index (Phi) is 4.73. The van der Waals surface area contributed by atoms with Crippen LogP contribution in [-0.2, 0) is 12.0 Å². The molecule has 0 aliphatic carbocycles. The zero-order valence-electron chi connectivity index (χ0n) is 16.6. The summed E-state index contributed by atoms with van der Waals surface area (Å²) in [4.78, 5) is 0. The van der Waals surface area contributed by atoms with Crippen LogP contribution in [0.25, 0.3) is 10.9 Å². The van der Waals surface area contributed by atoms with Gasteiger partial charge >= 0.3 is 0 Å². The second-order valence-electron chi connectivity index (χ2n) is 8.88. The van der Waals surface area contributed by atoms with Crippen LogP contribution < -0.4 is 5.32 Å². The lowest BCUT2D eigenvalue weighted by Crippen LogP contribution is -2.26. The van der Waals surface area contributed by atoms with Crippen LogP contribution in [0.1, 0.15) is 56.2 Å². The zero-order valence-corrected chi connectivity index (χ0v) is 16.6. The Balaban J connectivity index is 1.69. The van der Waals surface area contributed by atoms with E-state index in [2.05, 4.69) is 67.2 Å². The van der Waals surface area contributed by atoms with Gasteiger partial charge in [0.1, 0.15) is 5.75 Å². The summed E-state index contributed by atoms with van der Waals surface area (Å²) in [6.45, 7) is 9.74. The number of nitrogens with one attached hydrogen (secondary N) is 1. The van der Waals surface area contributed by atoms with Gasteiger partial charge in [-0.2, -0.15) is 0 Å². The van der Waals surface area contributed by atoms with Crippen molar-refractivity contribution in [3.05, 3.63) is 65.4 Å². The molecule has 2 heterocycles. The third kappa shape index (κ3) is 3.74. The van der Waals surface area contributed by atoms with Crippen LogP contribution in [0.5, 0.6) is 5.75 Å². The van der Waals surface area contributed by atoms with E-state index in [1.807, 2.05) is 12.1 Å². The van der Waals surface area contributed by atoms with Gasteiger partial charge in [0.2, 0.25) is 0 Å². The van der Waals surface area contributed by atoms with Gasteiger partial charge in [-0.3, -0.25) is 0 Å². The van der Waals surface area contributed by atoms with Crippen molar-refractivity contribution in [3.63, 3.8) is 0 Å². The number of hydrogen-bond acceptors (Lipinski definition) is 2. The molecular weight excluding hydrogens is 332 g/mol. The van der Waals surface area contributed by atoms with Gasteiger partial charge in [-0.15, -0.1) is 0 Å². The van der Waals surface area contributed by atoms with Crippen LogP contribution in [-0.4, -0.2) is 22.8 Å². The largest absolute Gasteiger partial charge is 0.508 e. The zero-order chi connectivity index (χ0) is 19.0. The molecule has 3 nitrogen and oxygen atoms in total. The van der Waals surface area contributed by atoms with Crippen molar-refractivity contribution >= 4 is 10.9 Å². The minimum Gasteiger partial charge on any atom is -0.508 e. The molecule has 1 aliphatic rings. The highest BCUT2D eigenvalue weighted by atomic mass is 16.3. The Morgan fingerprint density at radius 2 is 1.74 bits per heavy atom. The molecule has 1 aliphatic heterocycles. The molecule has 0 saturated carbocycles. The topological polar surface area (TPSA) is 37.2 Å². The van der Waals surface area contributed by atoms with Crippen molar-refractivity contribution in [1.29, 1.82) is 0 Å². The predicted octanol–water partition coefficient (Wildman–Crippen LogP) is 5.16. The summed E-state index contributed by atoms with van der Waals surface area (Å²) in [7, 11) is 0. The summed E-state index contributed by atoms with van der Waals surface area (Å²) < 4.78 is 2.30. The number of aromatic nitrogens is 1. The average Bonchev–Trinajstić information content (AvgIpc) is 3.00. The summed E-state index contributed by atoms with van der Waals surface area (Å²) in [6, 6.07) is 14.8.